The number of carboxylic acid groups (broad SMARTS) is 1. The third-order valence-electron chi connectivity index (χ3n) is 4.82. The summed E-state index contributed by atoms with van der Waals surface area (Å²) in [5.74, 6) is -1.07. The van der Waals surface area contributed by atoms with Gasteiger partial charge < -0.3 is 14.9 Å². The Morgan fingerprint density at radius 1 is 0.815 bits per heavy atom. The van der Waals surface area contributed by atoms with Gasteiger partial charge in [-0.2, -0.15) is 0 Å². The molecule has 1 N–H and O–H groups in total. The van der Waals surface area contributed by atoms with Gasteiger partial charge in [0, 0.05) is 32.5 Å². The molecule has 0 saturated carbocycles. The molecule has 0 unspecified atom stereocenters. The van der Waals surface area contributed by atoms with Crippen LogP contribution < -0.4 is 0 Å². The molecule has 0 spiro atoms. The van der Waals surface area contributed by atoms with E-state index >= 15 is 0 Å². The Balaban J connectivity index is 5.36. The average molecular weight is 385 g/mol. The molecule has 0 radical (unpaired) electrons. The minimum atomic E-state index is -0.934. The summed E-state index contributed by atoms with van der Waals surface area (Å²) < 4.78 is 0. The van der Waals surface area contributed by atoms with Crippen LogP contribution in [0.25, 0.3) is 0 Å². The van der Waals surface area contributed by atoms with Crippen LogP contribution in [0, 0.1) is 0 Å². The molecule has 27 heavy (non-hydrogen) atoms. The van der Waals surface area contributed by atoms with E-state index in [1.165, 1.54) is 0 Å². The number of rotatable bonds is 16. The molecule has 0 aliphatic carbocycles. The van der Waals surface area contributed by atoms with Gasteiger partial charge in [0.25, 0.3) is 0 Å². The summed E-state index contributed by atoms with van der Waals surface area (Å²) in [4.78, 5) is 40.5. The molecule has 0 aliphatic rings. The molecule has 6 nitrogen and oxygen atoms in total. The van der Waals surface area contributed by atoms with E-state index in [1.54, 1.807) is 4.90 Å². The van der Waals surface area contributed by atoms with Crippen molar-refractivity contribution in [1.29, 1.82) is 0 Å². The standard InChI is InChI=1S/C21H40N2O4/c1-5-9-12-13-19(24)23(8-4)18(14-15-20(25)26)21(27)22(16-10-6-2)17-11-7-3/h18H,5-17H2,1-4H3,(H,25,26)/t18-/m0/s1. The molecular weight excluding hydrogens is 344 g/mol. The summed E-state index contributed by atoms with van der Waals surface area (Å²) in [5, 5.41) is 9.10. The lowest BCUT2D eigenvalue weighted by molar-refractivity contribution is -0.147. The van der Waals surface area contributed by atoms with Crippen molar-refractivity contribution in [2.75, 3.05) is 19.6 Å². The maximum Gasteiger partial charge on any atom is 0.303 e. The van der Waals surface area contributed by atoms with E-state index in [4.69, 9.17) is 5.11 Å². The second-order valence-corrected chi connectivity index (χ2v) is 7.12. The highest BCUT2D eigenvalue weighted by Gasteiger charge is 2.31. The van der Waals surface area contributed by atoms with Gasteiger partial charge in [0.05, 0.1) is 0 Å². The highest BCUT2D eigenvalue weighted by Crippen LogP contribution is 2.16. The average Bonchev–Trinajstić information content (AvgIpc) is 2.64. The second-order valence-electron chi connectivity index (χ2n) is 7.12. The highest BCUT2D eigenvalue weighted by molar-refractivity contribution is 5.88. The van der Waals surface area contributed by atoms with Crippen molar-refractivity contribution in [3.63, 3.8) is 0 Å². The second kappa shape index (κ2) is 15.5. The van der Waals surface area contributed by atoms with Crippen LogP contribution in [0.1, 0.15) is 91.9 Å². The zero-order valence-electron chi connectivity index (χ0n) is 17.8. The summed E-state index contributed by atoms with van der Waals surface area (Å²) >= 11 is 0. The molecule has 158 valence electrons. The molecule has 0 aromatic rings. The topological polar surface area (TPSA) is 77.9 Å². The maximum atomic E-state index is 13.2. The minimum Gasteiger partial charge on any atom is -0.481 e. The van der Waals surface area contributed by atoms with Gasteiger partial charge in [-0.1, -0.05) is 46.5 Å². The zero-order valence-corrected chi connectivity index (χ0v) is 17.8. The molecule has 0 bridgehead atoms. The van der Waals surface area contributed by atoms with E-state index < -0.39 is 12.0 Å². The van der Waals surface area contributed by atoms with Crippen LogP contribution in [0.15, 0.2) is 0 Å². The summed E-state index contributed by atoms with van der Waals surface area (Å²) in [6.07, 6.45) is 7.12. The largest absolute Gasteiger partial charge is 0.481 e. The molecule has 1 atom stereocenters. The van der Waals surface area contributed by atoms with Crippen LogP contribution in [-0.2, 0) is 14.4 Å². The third kappa shape index (κ3) is 10.4. The number of hydrogen-bond donors (Lipinski definition) is 1. The van der Waals surface area contributed by atoms with E-state index in [1.807, 2.05) is 11.8 Å². The lowest BCUT2D eigenvalue weighted by atomic mass is 10.1. The lowest BCUT2D eigenvalue weighted by Gasteiger charge is -2.34. The predicted octanol–water partition coefficient (Wildman–Crippen LogP) is 4.08. The van der Waals surface area contributed by atoms with Crippen LogP contribution in [-0.4, -0.2) is 58.4 Å². The van der Waals surface area contributed by atoms with Crippen LogP contribution >= 0.6 is 0 Å². The Kier molecular flexibility index (Phi) is 14.6. The monoisotopic (exact) mass is 384 g/mol. The van der Waals surface area contributed by atoms with Crippen LogP contribution in [0.5, 0.6) is 0 Å². The predicted molar refractivity (Wildman–Crippen MR) is 109 cm³/mol. The van der Waals surface area contributed by atoms with Gasteiger partial charge in [-0.15, -0.1) is 0 Å². The van der Waals surface area contributed by atoms with Gasteiger partial charge in [-0.05, 0) is 32.6 Å². The molecule has 2 amide bonds. The Bertz CT molecular complexity index is 432. The number of carbonyl (C=O) groups excluding carboxylic acids is 2. The van der Waals surface area contributed by atoms with Gasteiger partial charge >= 0.3 is 5.97 Å². The maximum absolute atomic E-state index is 13.2. The lowest BCUT2D eigenvalue weighted by Crippen LogP contribution is -2.51. The first-order valence-electron chi connectivity index (χ1n) is 10.7. The quantitative estimate of drug-likeness (QED) is 0.407. The number of nitrogens with zero attached hydrogens (tertiary/aromatic N) is 2. The summed E-state index contributed by atoms with van der Waals surface area (Å²) in [6, 6.07) is -0.672. The molecule has 0 fully saturated rings. The number of unbranched alkanes of at least 4 members (excludes halogenated alkanes) is 4. The van der Waals surface area contributed by atoms with Crippen molar-refractivity contribution in [2.45, 2.75) is 97.9 Å². The number of amides is 2. The van der Waals surface area contributed by atoms with Crippen LogP contribution in [0.4, 0.5) is 0 Å². The van der Waals surface area contributed by atoms with Crippen molar-refractivity contribution < 1.29 is 19.5 Å². The fourth-order valence-corrected chi connectivity index (χ4v) is 3.15. The van der Waals surface area contributed by atoms with E-state index in [0.717, 1.165) is 44.9 Å². The number of hydrogen-bond acceptors (Lipinski definition) is 3. The van der Waals surface area contributed by atoms with Gasteiger partial charge in [0.2, 0.25) is 11.8 Å². The SMILES string of the molecule is CCCCCC(=O)N(CC)[C@@H](CCC(=O)O)C(=O)N(CCCC)CCCC. The summed E-state index contributed by atoms with van der Waals surface area (Å²) in [7, 11) is 0. The molecule has 0 aromatic heterocycles. The number of carboxylic acids is 1. The Hall–Kier alpha value is -1.59. The Morgan fingerprint density at radius 3 is 1.81 bits per heavy atom. The number of carbonyl (C=O) groups is 3. The van der Waals surface area contributed by atoms with Gasteiger partial charge in [-0.3, -0.25) is 14.4 Å². The smallest absolute Gasteiger partial charge is 0.303 e. The van der Waals surface area contributed by atoms with Gasteiger partial charge in [0.1, 0.15) is 6.04 Å². The first-order chi connectivity index (χ1) is 12.9. The van der Waals surface area contributed by atoms with E-state index in [2.05, 4.69) is 20.8 Å². The van der Waals surface area contributed by atoms with Crippen LogP contribution in [0.3, 0.4) is 0 Å². The van der Waals surface area contributed by atoms with Crippen molar-refractivity contribution in [2.24, 2.45) is 0 Å². The summed E-state index contributed by atoms with van der Waals surface area (Å²) in [5.41, 5.74) is 0. The molecule has 0 saturated heterocycles. The first kappa shape index (κ1) is 25.4. The Labute approximate surface area is 165 Å². The van der Waals surface area contributed by atoms with Crippen molar-refractivity contribution in [3.8, 4) is 0 Å². The van der Waals surface area contributed by atoms with Gasteiger partial charge in [0.15, 0.2) is 0 Å². The normalized spacial score (nSPS) is 11.9. The molecule has 0 rings (SSSR count). The fourth-order valence-electron chi connectivity index (χ4n) is 3.15. The van der Waals surface area contributed by atoms with E-state index in [9.17, 15) is 14.4 Å². The summed E-state index contributed by atoms with van der Waals surface area (Å²) in [6.45, 7) is 9.87. The zero-order chi connectivity index (χ0) is 20.7. The fraction of sp³-hybridized carbons (Fsp3) is 0.857. The third-order valence-corrected chi connectivity index (χ3v) is 4.82. The molecule has 0 heterocycles. The highest BCUT2D eigenvalue weighted by atomic mass is 16.4. The van der Waals surface area contributed by atoms with Gasteiger partial charge in [-0.25, -0.2) is 0 Å². The first-order valence-corrected chi connectivity index (χ1v) is 10.7. The van der Waals surface area contributed by atoms with Crippen LogP contribution in [0.2, 0.25) is 0 Å². The number of likely N-dealkylation sites (N-methyl/N-ethyl adjacent to an activating group) is 1. The van der Waals surface area contributed by atoms with E-state index in [-0.39, 0.29) is 24.7 Å². The molecule has 6 heteroatoms. The minimum absolute atomic E-state index is 0.0411. The van der Waals surface area contributed by atoms with E-state index in [0.29, 0.717) is 26.1 Å². The Morgan fingerprint density at radius 2 is 1.37 bits per heavy atom. The van der Waals surface area contributed by atoms with Crippen molar-refractivity contribution in [3.05, 3.63) is 0 Å². The number of aliphatic carboxylic acids is 1. The van der Waals surface area contributed by atoms with Crippen molar-refractivity contribution >= 4 is 17.8 Å². The van der Waals surface area contributed by atoms with Crippen molar-refractivity contribution in [1.82, 2.24) is 9.80 Å². The molecule has 0 aliphatic heterocycles. The molecule has 0 aromatic carbocycles. The molecular formula is C21H40N2O4.